The predicted molar refractivity (Wildman–Crippen MR) is 317 cm³/mol. The summed E-state index contributed by atoms with van der Waals surface area (Å²) >= 11 is 1.19. The van der Waals surface area contributed by atoms with Crippen molar-refractivity contribution in [2.24, 2.45) is 0 Å². The summed E-state index contributed by atoms with van der Waals surface area (Å²) in [5.41, 5.74) is 0. The van der Waals surface area contributed by atoms with Crippen LogP contribution in [0.3, 0.4) is 0 Å². The summed E-state index contributed by atoms with van der Waals surface area (Å²) in [5, 5.41) is 52.5. The first-order valence-corrected chi connectivity index (χ1v) is 34.7. The number of unbranched alkanes of at least 4 members (excludes halogenated alkanes) is 40. The summed E-state index contributed by atoms with van der Waals surface area (Å²) in [6, 6.07) is 0. The molecule has 0 bridgehead atoms. The van der Waals surface area contributed by atoms with Gasteiger partial charge in [-0.2, -0.15) is 0 Å². The first-order valence-electron chi connectivity index (χ1n) is 32.1. The number of aliphatic hydroxyl groups excluding tert-OH is 5. The highest BCUT2D eigenvalue weighted by Crippen LogP contribution is 2.36. The molecule has 13 heteroatoms. The molecule has 1 aliphatic rings. The lowest BCUT2D eigenvalue weighted by molar-refractivity contribution is -0.214. The van der Waals surface area contributed by atoms with Gasteiger partial charge in [-0.15, -0.1) is 0 Å². The van der Waals surface area contributed by atoms with Gasteiger partial charge in [0.1, 0.15) is 36.6 Å². The Balaban J connectivity index is 2.63. The van der Waals surface area contributed by atoms with E-state index in [9.17, 15) is 30.1 Å². The minimum atomic E-state index is -3.87. The van der Waals surface area contributed by atoms with E-state index in [0.29, 0.717) is 32.7 Å². The maximum atomic E-state index is 11.0. The summed E-state index contributed by atoms with van der Waals surface area (Å²) < 4.78 is 30.0. The van der Waals surface area contributed by atoms with Crippen LogP contribution < -0.4 is 0 Å². The van der Waals surface area contributed by atoms with Gasteiger partial charge < -0.3 is 49.0 Å². The van der Waals surface area contributed by atoms with Crippen molar-refractivity contribution in [3.05, 3.63) is 12.2 Å². The third kappa shape index (κ3) is 45.3. The molecule has 0 aromatic rings. The van der Waals surface area contributed by atoms with Gasteiger partial charge in [-0.05, 0) is 69.8 Å². The third-order valence-corrected chi connectivity index (χ3v) is 17.5. The lowest BCUT2D eigenvalue weighted by Crippen LogP contribution is -2.63. The summed E-state index contributed by atoms with van der Waals surface area (Å²) in [6.45, 7) is 6.45. The number of ether oxygens (including phenoxy) is 2. The van der Waals surface area contributed by atoms with E-state index in [0.717, 1.165) is 96.3 Å². The van der Waals surface area contributed by atoms with Crippen LogP contribution in [0.25, 0.3) is 0 Å². The van der Waals surface area contributed by atoms with Gasteiger partial charge in [0.2, 0.25) is 0 Å². The molecule has 0 aromatic heterocycles. The molecule has 2 unspecified atom stereocenters. The summed E-state index contributed by atoms with van der Waals surface area (Å²) in [6.07, 6.45) is 51.5. The molecule has 0 spiro atoms. The van der Waals surface area contributed by atoms with Crippen LogP contribution in [-0.2, 0) is 18.2 Å². The van der Waals surface area contributed by atoms with Crippen LogP contribution in [0.5, 0.6) is 0 Å². The molecule has 8 atom stereocenters. The largest absolute Gasteiger partial charge is 0.387 e. The second-order valence-electron chi connectivity index (χ2n) is 22.9. The molecule has 0 saturated heterocycles. The first-order chi connectivity index (χ1) is 36.5. The van der Waals surface area contributed by atoms with E-state index in [2.05, 4.69) is 26.0 Å². The molecular formula is C62H123O11PS. The molecule has 0 aromatic carbocycles. The highest BCUT2D eigenvalue weighted by molar-refractivity contribution is 7.95. The molecule has 0 amide bonds. The van der Waals surface area contributed by atoms with E-state index in [-0.39, 0.29) is 17.5 Å². The third-order valence-electron chi connectivity index (χ3n) is 15.6. The Morgan fingerprint density at radius 1 is 0.427 bits per heavy atom. The minimum Gasteiger partial charge on any atom is -0.387 e. The fourth-order valence-electron chi connectivity index (χ4n) is 10.5. The van der Waals surface area contributed by atoms with E-state index >= 15 is 0 Å². The van der Waals surface area contributed by atoms with Gasteiger partial charge in [0, 0.05) is 24.6 Å². The van der Waals surface area contributed by atoms with Gasteiger partial charge in [-0.25, -0.2) is 0 Å². The molecular weight excluding hydrogens is 984 g/mol. The number of hydrogen-bond donors (Lipinski definition) is 7. The van der Waals surface area contributed by atoms with Crippen molar-refractivity contribution in [1.29, 1.82) is 0 Å². The van der Waals surface area contributed by atoms with Gasteiger partial charge in [0.15, 0.2) is 0 Å². The van der Waals surface area contributed by atoms with Gasteiger partial charge >= 0.3 is 7.60 Å². The van der Waals surface area contributed by atoms with Crippen LogP contribution >= 0.6 is 19.6 Å². The van der Waals surface area contributed by atoms with Crippen LogP contribution in [0.1, 0.15) is 309 Å². The Labute approximate surface area is 466 Å². The van der Waals surface area contributed by atoms with Crippen LogP contribution in [-0.4, -0.2) is 109 Å². The molecule has 75 heavy (non-hydrogen) atoms. The van der Waals surface area contributed by atoms with Crippen molar-refractivity contribution in [2.75, 3.05) is 26.0 Å². The van der Waals surface area contributed by atoms with E-state index < -0.39 is 44.2 Å². The number of allylic oxidation sites excluding steroid dienone is 2. The smallest absolute Gasteiger partial charge is 0.325 e. The zero-order chi connectivity index (χ0) is 54.7. The Morgan fingerprint density at radius 2 is 0.760 bits per heavy atom. The average Bonchev–Trinajstić information content (AvgIpc) is 3.39. The molecule has 1 fully saturated rings. The van der Waals surface area contributed by atoms with Crippen molar-refractivity contribution < 1.29 is 53.5 Å². The second-order valence-corrected chi connectivity index (χ2v) is 25.7. The fraction of sp³-hybridized carbons (Fsp3) is 0.968. The zero-order valence-corrected chi connectivity index (χ0v) is 50.5. The normalized spacial score (nSPS) is 20.2. The Bertz CT molecular complexity index is 1240. The maximum Gasteiger partial charge on any atom is 0.325 e. The van der Waals surface area contributed by atoms with Gasteiger partial charge in [-0.1, -0.05) is 264 Å². The molecule has 1 saturated carbocycles. The summed E-state index contributed by atoms with van der Waals surface area (Å²) in [4.78, 5) is 18.0. The van der Waals surface area contributed by atoms with Crippen molar-refractivity contribution in [3.8, 4) is 0 Å². The van der Waals surface area contributed by atoms with E-state index in [1.54, 1.807) is 0 Å². The van der Waals surface area contributed by atoms with Gasteiger partial charge in [-0.3, -0.25) is 4.57 Å². The predicted octanol–water partition coefficient (Wildman–Crippen LogP) is 16.3. The van der Waals surface area contributed by atoms with Crippen LogP contribution in [0.15, 0.2) is 12.2 Å². The SMILES string of the molecule is CCCCCCCCCCCCCCCCCCOCC(CC(CCCCCC/C=C\CCCCCCCCP(=O)(O)O)SO[C@@H]1[C@@H](O)[C@H](O)[C@@H](O)[C@H](O)[C@@H]1O)OCCCCCCCCCCCCCCCCCC. The molecule has 1 rings (SSSR count). The number of rotatable bonds is 58. The molecule has 7 N–H and O–H groups in total. The van der Waals surface area contributed by atoms with E-state index in [4.69, 9.17) is 23.4 Å². The molecule has 1 aliphatic carbocycles. The van der Waals surface area contributed by atoms with Gasteiger partial charge in [0.25, 0.3) is 0 Å². The number of hydrogen-bond acceptors (Lipinski definition) is 10. The molecule has 11 nitrogen and oxygen atoms in total. The van der Waals surface area contributed by atoms with Gasteiger partial charge in [0.05, 0.1) is 12.7 Å². The Morgan fingerprint density at radius 3 is 1.16 bits per heavy atom. The molecule has 448 valence electrons. The maximum absolute atomic E-state index is 11.0. The minimum absolute atomic E-state index is 0.00566. The molecule has 0 aliphatic heterocycles. The zero-order valence-electron chi connectivity index (χ0n) is 48.7. The lowest BCUT2D eigenvalue weighted by atomic mass is 9.85. The summed E-state index contributed by atoms with van der Waals surface area (Å²) in [7, 11) is -3.87. The average molecular weight is 1110 g/mol. The standard InChI is InChI=1S/C62H123O11PS/c1-3-5-7-9-11-13-15-17-19-22-26-30-34-38-42-46-50-71-54-55(72-51-47-43-39-35-31-27-23-20-18-16-14-12-10-8-6-4-2)53-56(75-73-62-60(66)58(64)57(63)59(65)61(62)67)49-45-41-37-33-29-25-21-24-28-32-36-40-44-48-52-74(68,69)70/h21,25,55-67H,3-20,22-24,26-54H2,1-2H3,(H2,68,69,70)/b25-21-/t55?,56?,57-,58-,59+,60-,61-,62-/m0/s1. The fourth-order valence-corrected chi connectivity index (χ4v) is 12.2. The second kappa shape index (κ2) is 53.2. The van der Waals surface area contributed by atoms with E-state index in [1.807, 2.05) is 0 Å². The topological polar surface area (TPSA) is 186 Å². The monoisotopic (exact) mass is 1110 g/mol. The van der Waals surface area contributed by atoms with Crippen LogP contribution in [0.2, 0.25) is 0 Å². The summed E-state index contributed by atoms with van der Waals surface area (Å²) in [5.74, 6) is 0. The highest BCUT2D eigenvalue weighted by atomic mass is 32.2. The van der Waals surface area contributed by atoms with E-state index in [1.165, 1.54) is 198 Å². The molecule has 0 radical (unpaired) electrons. The van der Waals surface area contributed by atoms with Crippen molar-refractivity contribution >= 4 is 19.6 Å². The lowest BCUT2D eigenvalue weighted by Gasteiger charge is -2.41. The van der Waals surface area contributed by atoms with Crippen molar-refractivity contribution in [2.45, 2.75) is 357 Å². The van der Waals surface area contributed by atoms with Crippen LogP contribution in [0, 0.1) is 0 Å². The first kappa shape index (κ1) is 72.9. The Kier molecular flexibility index (Phi) is 51.8. The Hall–Kier alpha value is -0.0800. The quantitative estimate of drug-likeness (QED) is 0.0132. The van der Waals surface area contributed by atoms with Crippen LogP contribution in [0.4, 0.5) is 0 Å². The van der Waals surface area contributed by atoms with Crippen molar-refractivity contribution in [1.82, 2.24) is 0 Å². The number of aliphatic hydroxyl groups is 5. The highest BCUT2D eigenvalue weighted by Gasteiger charge is 2.49. The van der Waals surface area contributed by atoms with Crippen molar-refractivity contribution in [3.63, 3.8) is 0 Å². The molecule has 0 heterocycles.